The van der Waals surface area contributed by atoms with Gasteiger partial charge in [-0.25, -0.2) is 0 Å². The summed E-state index contributed by atoms with van der Waals surface area (Å²) in [4.78, 5) is 12.0. The lowest BCUT2D eigenvalue weighted by Gasteiger charge is -2.33. The van der Waals surface area contributed by atoms with Gasteiger partial charge in [-0.3, -0.25) is 4.79 Å². The van der Waals surface area contributed by atoms with E-state index in [0.29, 0.717) is 17.7 Å². The predicted octanol–water partition coefficient (Wildman–Crippen LogP) is 2.69. The van der Waals surface area contributed by atoms with Crippen molar-refractivity contribution < 1.29 is 9.53 Å². The third-order valence-corrected chi connectivity index (χ3v) is 4.06. The van der Waals surface area contributed by atoms with Crippen LogP contribution in [0.15, 0.2) is 24.3 Å². The van der Waals surface area contributed by atoms with Crippen molar-refractivity contribution in [2.24, 2.45) is 5.41 Å². The van der Waals surface area contributed by atoms with Gasteiger partial charge in [0.05, 0.1) is 5.41 Å². The first-order chi connectivity index (χ1) is 10.4. The van der Waals surface area contributed by atoms with Crippen LogP contribution in [0.1, 0.15) is 45.6 Å². The molecule has 1 saturated heterocycles. The number of rotatable bonds is 4. The highest BCUT2D eigenvalue weighted by atomic mass is 16.5. The van der Waals surface area contributed by atoms with Crippen molar-refractivity contribution in [3.8, 4) is 5.75 Å². The van der Waals surface area contributed by atoms with Crippen LogP contribution in [0.2, 0.25) is 0 Å². The first kappa shape index (κ1) is 17.0. The minimum absolute atomic E-state index is 0.196. The van der Waals surface area contributed by atoms with Gasteiger partial charge in [0.2, 0.25) is 0 Å². The molecule has 0 amide bonds. The Morgan fingerprint density at radius 2 is 2.18 bits per heavy atom. The van der Waals surface area contributed by atoms with Gasteiger partial charge in [-0.1, -0.05) is 19.1 Å². The number of carbonyl (C=O) groups excluding carboxylic acids is 1. The Labute approximate surface area is 133 Å². The number of likely N-dealkylation sites (N-methyl/N-ethyl adjacent to an activating group) is 1. The van der Waals surface area contributed by atoms with Crippen molar-refractivity contribution in [2.45, 2.75) is 46.1 Å². The van der Waals surface area contributed by atoms with E-state index in [-0.39, 0.29) is 5.97 Å². The summed E-state index contributed by atoms with van der Waals surface area (Å²) < 4.78 is 5.53. The van der Waals surface area contributed by atoms with Crippen LogP contribution in [0.3, 0.4) is 0 Å². The molecular weight excluding hydrogens is 276 g/mol. The maximum atomic E-state index is 12.0. The summed E-state index contributed by atoms with van der Waals surface area (Å²) in [6, 6.07) is 8.41. The van der Waals surface area contributed by atoms with Crippen LogP contribution in [-0.2, 0) is 4.79 Å². The van der Waals surface area contributed by atoms with Crippen LogP contribution in [0.5, 0.6) is 5.75 Å². The second-order valence-corrected chi connectivity index (χ2v) is 6.98. The van der Waals surface area contributed by atoms with E-state index in [1.165, 1.54) is 5.56 Å². The first-order valence-electron chi connectivity index (χ1n) is 8.18. The molecule has 2 atom stereocenters. The number of benzene rings is 1. The molecule has 0 aliphatic carbocycles. The zero-order valence-electron chi connectivity index (χ0n) is 14.1. The molecule has 4 nitrogen and oxygen atoms in total. The van der Waals surface area contributed by atoms with E-state index in [4.69, 9.17) is 4.74 Å². The van der Waals surface area contributed by atoms with Gasteiger partial charge in [-0.05, 0) is 58.0 Å². The molecule has 1 heterocycles. The highest BCUT2D eigenvalue weighted by Crippen LogP contribution is 2.29. The van der Waals surface area contributed by atoms with E-state index >= 15 is 0 Å². The maximum Gasteiger partial charge on any atom is 0.316 e. The van der Waals surface area contributed by atoms with Gasteiger partial charge in [0.15, 0.2) is 0 Å². The van der Waals surface area contributed by atoms with E-state index in [9.17, 15) is 4.79 Å². The summed E-state index contributed by atoms with van der Waals surface area (Å²) in [6.45, 7) is 10.7. The normalized spacial score (nSPS) is 22.4. The van der Waals surface area contributed by atoms with Crippen molar-refractivity contribution in [3.63, 3.8) is 0 Å². The predicted molar refractivity (Wildman–Crippen MR) is 89.2 cm³/mol. The van der Waals surface area contributed by atoms with Gasteiger partial charge in [0, 0.05) is 18.5 Å². The largest absolute Gasteiger partial charge is 0.426 e. The summed E-state index contributed by atoms with van der Waals surface area (Å²) >= 11 is 0. The van der Waals surface area contributed by atoms with Gasteiger partial charge >= 0.3 is 5.97 Å². The Balaban J connectivity index is 2.14. The van der Waals surface area contributed by atoms with Crippen LogP contribution in [-0.4, -0.2) is 31.6 Å². The second-order valence-electron chi connectivity index (χ2n) is 6.98. The molecule has 1 fully saturated rings. The van der Waals surface area contributed by atoms with Gasteiger partial charge in [0.1, 0.15) is 5.75 Å². The van der Waals surface area contributed by atoms with E-state index in [0.717, 1.165) is 26.1 Å². The fourth-order valence-electron chi connectivity index (χ4n) is 2.80. The van der Waals surface area contributed by atoms with E-state index in [1.807, 2.05) is 39.0 Å². The number of hydrogen-bond acceptors (Lipinski definition) is 4. The van der Waals surface area contributed by atoms with Crippen LogP contribution in [0.4, 0.5) is 0 Å². The summed E-state index contributed by atoms with van der Waals surface area (Å²) in [5.41, 5.74) is 0.753. The molecule has 122 valence electrons. The summed E-state index contributed by atoms with van der Waals surface area (Å²) in [5, 5.41) is 6.99. The molecule has 1 aliphatic heterocycles. The quantitative estimate of drug-likeness (QED) is 0.663. The Morgan fingerprint density at radius 3 is 2.86 bits per heavy atom. The topological polar surface area (TPSA) is 50.4 Å². The molecule has 2 rings (SSSR count). The molecule has 4 heteroatoms. The summed E-state index contributed by atoms with van der Waals surface area (Å²) in [5.74, 6) is 0.902. The Bertz CT molecular complexity index is 506. The lowest BCUT2D eigenvalue weighted by Crippen LogP contribution is -2.47. The number of ether oxygens (including phenoxy) is 1. The first-order valence-corrected chi connectivity index (χ1v) is 8.18. The number of piperidine rings is 1. The molecule has 0 aromatic heterocycles. The fourth-order valence-corrected chi connectivity index (χ4v) is 2.80. The van der Waals surface area contributed by atoms with Crippen LogP contribution in [0, 0.1) is 5.41 Å². The van der Waals surface area contributed by atoms with Crippen LogP contribution in [0.25, 0.3) is 0 Å². The highest BCUT2D eigenvalue weighted by molar-refractivity contribution is 5.77. The molecule has 0 saturated carbocycles. The number of esters is 1. The zero-order valence-corrected chi connectivity index (χ0v) is 14.1. The van der Waals surface area contributed by atoms with Crippen molar-refractivity contribution in [3.05, 3.63) is 29.8 Å². The smallest absolute Gasteiger partial charge is 0.316 e. The minimum Gasteiger partial charge on any atom is -0.426 e. The van der Waals surface area contributed by atoms with Gasteiger partial charge in [-0.15, -0.1) is 0 Å². The SMILES string of the molecule is CCNC1CNCCC1c1cccc(OC(=O)C(C)(C)C)c1. The second kappa shape index (κ2) is 7.25. The van der Waals surface area contributed by atoms with E-state index in [1.54, 1.807) is 0 Å². The monoisotopic (exact) mass is 304 g/mol. The molecule has 1 aromatic rings. The van der Waals surface area contributed by atoms with Crippen molar-refractivity contribution >= 4 is 5.97 Å². The van der Waals surface area contributed by atoms with Crippen molar-refractivity contribution in [1.82, 2.24) is 10.6 Å². The number of nitrogens with one attached hydrogen (secondary N) is 2. The van der Waals surface area contributed by atoms with E-state index in [2.05, 4.69) is 23.6 Å². The number of carbonyl (C=O) groups is 1. The third kappa shape index (κ3) is 4.31. The van der Waals surface area contributed by atoms with Gasteiger partial charge in [0.25, 0.3) is 0 Å². The Hall–Kier alpha value is -1.39. The minimum atomic E-state index is -0.489. The maximum absolute atomic E-state index is 12.0. The van der Waals surface area contributed by atoms with E-state index < -0.39 is 5.41 Å². The zero-order chi connectivity index (χ0) is 16.2. The molecule has 1 aliphatic rings. The molecule has 0 radical (unpaired) electrons. The molecule has 2 unspecified atom stereocenters. The van der Waals surface area contributed by atoms with Crippen molar-refractivity contribution in [1.29, 1.82) is 0 Å². The van der Waals surface area contributed by atoms with Crippen LogP contribution >= 0.6 is 0 Å². The Kier molecular flexibility index (Phi) is 5.59. The summed E-state index contributed by atoms with van der Waals surface area (Å²) in [6.07, 6.45) is 1.09. The lowest BCUT2D eigenvalue weighted by molar-refractivity contribution is -0.143. The number of hydrogen-bond donors (Lipinski definition) is 2. The van der Waals surface area contributed by atoms with Crippen molar-refractivity contribution in [2.75, 3.05) is 19.6 Å². The summed E-state index contributed by atoms with van der Waals surface area (Å²) in [7, 11) is 0. The molecular formula is C18H28N2O2. The molecule has 0 bridgehead atoms. The Morgan fingerprint density at radius 1 is 1.41 bits per heavy atom. The average Bonchev–Trinajstić information content (AvgIpc) is 2.47. The lowest BCUT2D eigenvalue weighted by atomic mass is 9.86. The molecule has 22 heavy (non-hydrogen) atoms. The third-order valence-electron chi connectivity index (χ3n) is 4.06. The van der Waals surface area contributed by atoms with Gasteiger partial charge in [-0.2, -0.15) is 0 Å². The molecule has 1 aromatic carbocycles. The fraction of sp³-hybridized carbons (Fsp3) is 0.611. The molecule has 2 N–H and O–H groups in total. The standard InChI is InChI=1S/C18H28N2O2/c1-5-20-16-12-19-10-9-15(16)13-7-6-8-14(11-13)22-17(21)18(2,3)4/h6-8,11,15-16,19-20H,5,9-10,12H2,1-4H3. The van der Waals surface area contributed by atoms with Gasteiger partial charge < -0.3 is 15.4 Å². The van der Waals surface area contributed by atoms with Crippen LogP contribution < -0.4 is 15.4 Å². The average molecular weight is 304 g/mol. The molecule has 0 spiro atoms. The highest BCUT2D eigenvalue weighted by Gasteiger charge is 2.27.